The zero-order chi connectivity index (χ0) is 2.71. The molecule has 0 saturated heterocycles. The normalized spacial score (nSPS) is 3.50. The van der Waals surface area contributed by atoms with Gasteiger partial charge in [-0.3, -0.25) is 0 Å². The average molecular weight is 92.7 g/mol. The molecule has 1 radical (unpaired) electrons. The van der Waals surface area contributed by atoms with Crippen LogP contribution in [0.25, 0.3) is 0 Å². The van der Waals surface area contributed by atoms with Crippen molar-refractivity contribution in [3.8, 4) is 0 Å². The van der Waals surface area contributed by atoms with Gasteiger partial charge in [-0.2, -0.15) is 0 Å². The van der Waals surface area contributed by atoms with Crippen LogP contribution < -0.4 is 0 Å². The fraction of sp³-hybridized carbons (Fsp3) is 0. The van der Waals surface area contributed by atoms with Crippen LogP contribution in [0.1, 0.15) is 0 Å². The SMILES string of the molecule is O[B]O.[Ti]. The molecule has 0 aromatic rings. The van der Waals surface area contributed by atoms with Gasteiger partial charge in [0.1, 0.15) is 0 Å². The van der Waals surface area contributed by atoms with E-state index in [0.717, 1.165) is 0 Å². The first-order valence-electron chi connectivity index (χ1n) is 0.516. The Hall–Kier alpha value is 0.699. The molecule has 0 saturated carbocycles. The summed E-state index contributed by atoms with van der Waals surface area (Å²) in [7, 11) is 0. The topological polar surface area (TPSA) is 40.5 Å². The third kappa shape index (κ3) is 15.9. The van der Waals surface area contributed by atoms with Crippen molar-refractivity contribution in [2.45, 2.75) is 0 Å². The first kappa shape index (κ1) is 8.83. The Morgan fingerprint density at radius 1 is 1.25 bits per heavy atom. The van der Waals surface area contributed by atoms with Crippen molar-refractivity contribution >= 4 is 7.69 Å². The van der Waals surface area contributed by atoms with Crippen molar-refractivity contribution < 1.29 is 31.8 Å². The van der Waals surface area contributed by atoms with Gasteiger partial charge < -0.3 is 10.0 Å². The van der Waals surface area contributed by atoms with Crippen molar-refractivity contribution in [3.05, 3.63) is 0 Å². The second kappa shape index (κ2) is 9.33. The summed E-state index contributed by atoms with van der Waals surface area (Å²) in [4.78, 5) is 0. The molecule has 2 N–H and O–H groups in total. The predicted molar refractivity (Wildman–Crippen MR) is 10.2 cm³/mol. The standard InChI is InChI=1S/BH2O2.Ti/c2-1-3;/h2-3H;. The molecular weight excluding hydrogens is 90.7 g/mol. The first-order chi connectivity index (χ1) is 1.41. The average Bonchev–Trinajstić information content (AvgIpc) is 0.918. The van der Waals surface area contributed by atoms with Crippen LogP contribution in [0.3, 0.4) is 0 Å². The van der Waals surface area contributed by atoms with Crippen LogP contribution in [0.15, 0.2) is 0 Å². The summed E-state index contributed by atoms with van der Waals surface area (Å²) in [5, 5.41) is 14.0. The molecule has 0 heterocycles. The minimum Gasteiger partial charge on any atom is -0.429 e. The molecule has 0 aliphatic heterocycles. The second-order valence-corrected chi connectivity index (χ2v) is 0.115. The van der Waals surface area contributed by atoms with Gasteiger partial charge >= 0.3 is 7.69 Å². The van der Waals surface area contributed by atoms with Gasteiger partial charge in [0.25, 0.3) is 0 Å². The third-order valence-corrected chi connectivity index (χ3v) is 0. The Morgan fingerprint density at radius 3 is 1.25 bits per heavy atom. The molecule has 0 rings (SSSR count). The quantitative estimate of drug-likeness (QED) is 0.358. The molecule has 0 amide bonds. The molecule has 0 aliphatic rings. The summed E-state index contributed by atoms with van der Waals surface area (Å²) in [6, 6.07) is 0. The Morgan fingerprint density at radius 2 is 1.25 bits per heavy atom. The van der Waals surface area contributed by atoms with E-state index in [0.29, 0.717) is 0 Å². The van der Waals surface area contributed by atoms with E-state index in [9.17, 15) is 0 Å². The molecule has 4 heteroatoms. The minimum absolute atomic E-state index is 0. The van der Waals surface area contributed by atoms with Crippen molar-refractivity contribution in [1.82, 2.24) is 0 Å². The summed E-state index contributed by atoms with van der Waals surface area (Å²) < 4.78 is 0. The van der Waals surface area contributed by atoms with Crippen LogP contribution in [0, 0.1) is 0 Å². The van der Waals surface area contributed by atoms with E-state index < -0.39 is 0 Å². The Bertz CT molecular complexity index is 6.00. The fourth-order valence-electron chi connectivity index (χ4n) is 0. The molecular formula is H2BO2Ti. The van der Waals surface area contributed by atoms with Crippen LogP contribution in [-0.4, -0.2) is 17.7 Å². The maximum atomic E-state index is 7.00. The van der Waals surface area contributed by atoms with Gasteiger partial charge in [-0.25, -0.2) is 0 Å². The van der Waals surface area contributed by atoms with Gasteiger partial charge in [0.05, 0.1) is 0 Å². The molecule has 4 heavy (non-hydrogen) atoms. The molecule has 0 atom stereocenters. The van der Waals surface area contributed by atoms with E-state index in [1.54, 1.807) is 0 Å². The van der Waals surface area contributed by atoms with Crippen molar-refractivity contribution in [2.24, 2.45) is 0 Å². The minimum atomic E-state index is 0. The second-order valence-electron chi connectivity index (χ2n) is 0.115. The summed E-state index contributed by atoms with van der Waals surface area (Å²) in [6.45, 7) is 0. The fourth-order valence-corrected chi connectivity index (χ4v) is 0. The predicted octanol–water partition coefficient (Wildman–Crippen LogP) is -1.50. The smallest absolute Gasteiger partial charge is 0.429 e. The van der Waals surface area contributed by atoms with E-state index in [1.165, 1.54) is 0 Å². The summed E-state index contributed by atoms with van der Waals surface area (Å²) >= 11 is 0. The molecule has 0 unspecified atom stereocenters. The van der Waals surface area contributed by atoms with Crippen molar-refractivity contribution in [2.75, 3.05) is 0 Å². The van der Waals surface area contributed by atoms with Gasteiger partial charge in [0.2, 0.25) is 0 Å². The zero-order valence-corrected chi connectivity index (χ0v) is 3.53. The van der Waals surface area contributed by atoms with Gasteiger partial charge in [0, 0.05) is 21.7 Å². The van der Waals surface area contributed by atoms with Crippen LogP contribution in [0.5, 0.6) is 0 Å². The monoisotopic (exact) mass is 93.0 g/mol. The zero-order valence-electron chi connectivity index (χ0n) is 1.97. The molecule has 2 nitrogen and oxygen atoms in total. The maximum absolute atomic E-state index is 7.00. The number of hydrogen-bond donors (Lipinski definition) is 2. The van der Waals surface area contributed by atoms with Crippen LogP contribution in [0.2, 0.25) is 0 Å². The maximum Gasteiger partial charge on any atom is 0.482 e. The van der Waals surface area contributed by atoms with Crippen molar-refractivity contribution in [3.63, 3.8) is 0 Å². The van der Waals surface area contributed by atoms with Gasteiger partial charge in [-0.1, -0.05) is 0 Å². The molecule has 0 spiro atoms. The van der Waals surface area contributed by atoms with E-state index in [1.807, 2.05) is 0 Å². The Labute approximate surface area is 40.0 Å². The van der Waals surface area contributed by atoms with E-state index in [-0.39, 0.29) is 29.4 Å². The molecule has 0 aromatic carbocycles. The number of rotatable bonds is 0. The summed E-state index contributed by atoms with van der Waals surface area (Å²) in [5.74, 6) is 0. The molecule has 21 valence electrons. The number of hydrogen-bond acceptors (Lipinski definition) is 2. The molecule has 0 bridgehead atoms. The molecule has 0 aliphatic carbocycles. The van der Waals surface area contributed by atoms with E-state index in [4.69, 9.17) is 10.0 Å². The van der Waals surface area contributed by atoms with Gasteiger partial charge in [0.15, 0.2) is 0 Å². The van der Waals surface area contributed by atoms with Crippen molar-refractivity contribution in [1.29, 1.82) is 0 Å². The van der Waals surface area contributed by atoms with Crippen LogP contribution in [-0.2, 0) is 21.7 Å². The van der Waals surface area contributed by atoms with Crippen LogP contribution >= 0.6 is 0 Å². The summed E-state index contributed by atoms with van der Waals surface area (Å²) in [6.07, 6.45) is 0. The molecule has 0 aromatic heterocycles. The first-order valence-corrected chi connectivity index (χ1v) is 0.516. The van der Waals surface area contributed by atoms with Gasteiger partial charge in [-0.05, 0) is 0 Å². The Balaban J connectivity index is 0. The summed E-state index contributed by atoms with van der Waals surface area (Å²) in [5.41, 5.74) is 0. The third-order valence-electron chi connectivity index (χ3n) is 0. The van der Waals surface area contributed by atoms with E-state index >= 15 is 0 Å². The molecule has 0 fully saturated rings. The van der Waals surface area contributed by atoms with E-state index in [2.05, 4.69) is 0 Å². The van der Waals surface area contributed by atoms with Gasteiger partial charge in [-0.15, -0.1) is 0 Å². The Kier molecular flexibility index (Phi) is 20.6. The van der Waals surface area contributed by atoms with Crippen LogP contribution in [0.4, 0.5) is 0 Å². The largest absolute Gasteiger partial charge is 0.482 e.